The largest absolute Gasteiger partial charge is 0.493 e. The molecule has 8 nitrogen and oxygen atoms in total. The van der Waals surface area contributed by atoms with E-state index in [0.717, 1.165) is 6.07 Å². The van der Waals surface area contributed by atoms with Crippen molar-refractivity contribution in [3.05, 3.63) is 92.5 Å². The van der Waals surface area contributed by atoms with Gasteiger partial charge in [0.15, 0.2) is 11.5 Å². The Hall–Kier alpha value is -4.56. The Morgan fingerprint density at radius 3 is 2.42 bits per heavy atom. The van der Waals surface area contributed by atoms with Crippen molar-refractivity contribution >= 4 is 35.0 Å². The van der Waals surface area contributed by atoms with E-state index in [1.807, 2.05) is 0 Å². The summed E-state index contributed by atoms with van der Waals surface area (Å²) in [6.07, 6.45) is -3.56. The average Bonchev–Trinajstić information content (AvgIpc) is 2.83. The molecular weight excluding hydrogens is 503 g/mol. The van der Waals surface area contributed by atoms with Crippen LogP contribution in [0.2, 0.25) is 5.02 Å². The Balaban J connectivity index is 1.96. The van der Waals surface area contributed by atoms with Crippen LogP contribution in [-0.2, 0) is 11.0 Å². The highest BCUT2D eigenvalue weighted by Gasteiger charge is 2.33. The van der Waals surface area contributed by atoms with Crippen LogP contribution in [0.3, 0.4) is 0 Å². The number of halogens is 4. The smallest absolute Gasteiger partial charge is 0.416 e. The molecule has 0 bridgehead atoms. The number of carbonyl (C=O) groups is 1. The predicted octanol–water partition coefficient (Wildman–Crippen LogP) is 6.61. The van der Waals surface area contributed by atoms with E-state index in [9.17, 15) is 33.3 Å². The number of alkyl halides is 3. The number of nitriles is 1. The van der Waals surface area contributed by atoms with Gasteiger partial charge in [0, 0.05) is 11.8 Å². The fourth-order valence-corrected chi connectivity index (χ4v) is 3.25. The summed E-state index contributed by atoms with van der Waals surface area (Å²) in [5.41, 5.74) is -1.69. The molecule has 0 spiro atoms. The van der Waals surface area contributed by atoms with Crippen LogP contribution in [0.25, 0.3) is 6.08 Å². The summed E-state index contributed by atoms with van der Waals surface area (Å²) in [4.78, 5) is 22.8. The first-order chi connectivity index (χ1) is 17.0. The van der Waals surface area contributed by atoms with Crippen LogP contribution in [0.1, 0.15) is 11.1 Å². The van der Waals surface area contributed by atoms with Crippen LogP contribution in [0.5, 0.6) is 17.2 Å². The first kappa shape index (κ1) is 26.1. The molecule has 0 radical (unpaired) electrons. The third-order valence-corrected chi connectivity index (χ3v) is 4.94. The third kappa shape index (κ3) is 6.11. The molecule has 1 N–H and O–H groups in total. The monoisotopic (exact) mass is 517 g/mol. The topological polar surface area (TPSA) is 114 Å². The number of nitrogens with one attached hydrogen (secondary N) is 1. The molecule has 184 valence electrons. The molecule has 0 aliphatic carbocycles. The quantitative estimate of drug-likeness (QED) is 0.163. The molecule has 1 amide bonds. The van der Waals surface area contributed by atoms with Gasteiger partial charge in [-0.2, -0.15) is 18.4 Å². The highest BCUT2D eigenvalue weighted by atomic mass is 35.5. The number of benzene rings is 3. The van der Waals surface area contributed by atoms with Crippen molar-refractivity contribution in [2.24, 2.45) is 0 Å². The highest BCUT2D eigenvalue weighted by molar-refractivity contribution is 6.32. The molecule has 3 aromatic rings. The molecule has 12 heteroatoms. The molecule has 36 heavy (non-hydrogen) atoms. The lowest BCUT2D eigenvalue weighted by atomic mass is 10.1. The van der Waals surface area contributed by atoms with Crippen molar-refractivity contribution in [2.75, 3.05) is 12.4 Å². The third-order valence-electron chi connectivity index (χ3n) is 4.65. The van der Waals surface area contributed by atoms with E-state index >= 15 is 0 Å². The molecule has 3 rings (SSSR count). The maximum absolute atomic E-state index is 13.0. The minimum Gasteiger partial charge on any atom is -0.493 e. The summed E-state index contributed by atoms with van der Waals surface area (Å²) in [5, 5.41) is 23.2. The van der Waals surface area contributed by atoms with Crippen molar-refractivity contribution in [3.63, 3.8) is 0 Å². The molecular formula is C24H15ClF3N3O5. The number of nitrogens with zero attached hydrogens (tertiary/aromatic N) is 2. The van der Waals surface area contributed by atoms with Crippen LogP contribution in [-0.4, -0.2) is 17.9 Å². The van der Waals surface area contributed by atoms with Gasteiger partial charge >= 0.3 is 11.9 Å². The predicted molar refractivity (Wildman–Crippen MR) is 125 cm³/mol. The van der Waals surface area contributed by atoms with Gasteiger partial charge in [-0.15, -0.1) is 0 Å². The minimum absolute atomic E-state index is 0.0521. The van der Waals surface area contributed by atoms with E-state index in [2.05, 4.69) is 5.32 Å². The molecule has 0 fully saturated rings. The molecule has 0 aliphatic rings. The van der Waals surface area contributed by atoms with E-state index in [1.165, 1.54) is 25.3 Å². The number of para-hydroxylation sites is 1. The van der Waals surface area contributed by atoms with E-state index in [1.54, 1.807) is 36.4 Å². The van der Waals surface area contributed by atoms with Gasteiger partial charge in [0.1, 0.15) is 11.6 Å². The van der Waals surface area contributed by atoms with Gasteiger partial charge in [-0.25, -0.2) is 0 Å². The van der Waals surface area contributed by atoms with Gasteiger partial charge in [-0.05, 0) is 48.0 Å². The number of hydrogen-bond acceptors (Lipinski definition) is 6. The summed E-state index contributed by atoms with van der Waals surface area (Å²) >= 11 is 6.27. The first-order valence-electron chi connectivity index (χ1n) is 9.92. The number of amides is 1. The number of hydrogen-bond donors (Lipinski definition) is 1. The van der Waals surface area contributed by atoms with Crippen LogP contribution in [0.4, 0.5) is 24.5 Å². The Bertz CT molecular complexity index is 1390. The summed E-state index contributed by atoms with van der Waals surface area (Å²) in [5.74, 6) is -1.45. The number of nitro groups is 1. The van der Waals surface area contributed by atoms with Crippen molar-refractivity contribution < 1.29 is 32.4 Å². The lowest BCUT2D eigenvalue weighted by Crippen LogP contribution is -2.13. The van der Waals surface area contributed by atoms with Gasteiger partial charge in [0.2, 0.25) is 5.75 Å². The zero-order valence-electron chi connectivity index (χ0n) is 18.3. The van der Waals surface area contributed by atoms with Gasteiger partial charge in [-0.1, -0.05) is 29.8 Å². The molecule has 3 aromatic carbocycles. The van der Waals surface area contributed by atoms with Crippen LogP contribution in [0, 0.1) is 21.4 Å². The van der Waals surface area contributed by atoms with E-state index in [0.29, 0.717) is 17.8 Å². The molecule has 0 aliphatic heterocycles. The van der Waals surface area contributed by atoms with Crippen molar-refractivity contribution in [1.82, 2.24) is 0 Å². The second kappa shape index (κ2) is 10.8. The molecule has 0 unspecified atom stereocenters. The van der Waals surface area contributed by atoms with Crippen LogP contribution >= 0.6 is 11.6 Å². The summed E-state index contributed by atoms with van der Waals surface area (Å²) in [6, 6.07) is 14.6. The number of rotatable bonds is 7. The lowest BCUT2D eigenvalue weighted by molar-refractivity contribution is -0.385. The van der Waals surface area contributed by atoms with Gasteiger partial charge in [0.25, 0.3) is 5.91 Å². The van der Waals surface area contributed by atoms with Gasteiger partial charge in [0.05, 0.1) is 22.6 Å². The summed E-state index contributed by atoms with van der Waals surface area (Å²) in [7, 11) is 1.24. The van der Waals surface area contributed by atoms with Crippen LogP contribution < -0.4 is 14.8 Å². The molecule has 0 heterocycles. The maximum Gasteiger partial charge on any atom is 0.416 e. The fourth-order valence-electron chi connectivity index (χ4n) is 2.99. The normalized spacial score (nSPS) is 11.4. The second-order valence-corrected chi connectivity index (χ2v) is 7.47. The lowest BCUT2D eigenvalue weighted by Gasteiger charge is -2.14. The average molecular weight is 518 g/mol. The number of nitro benzene ring substituents is 1. The Morgan fingerprint density at radius 1 is 1.14 bits per heavy atom. The maximum atomic E-state index is 13.0. The number of anilines is 1. The molecule has 0 saturated carbocycles. The Kier molecular flexibility index (Phi) is 7.81. The number of methoxy groups -OCH3 is 1. The zero-order chi connectivity index (χ0) is 26.5. The van der Waals surface area contributed by atoms with E-state index < -0.39 is 34.0 Å². The standard InChI is InChI=1S/C24H15ClF3N3O5/c1-35-21-11-14(9-15(13-29)23(32)30-17-5-3-2-4-6-17)10-18(25)22(21)36-20-8-7-16(24(26,27)28)12-19(20)31(33)34/h2-12H,1H3,(H,30,32)/b15-9+. The summed E-state index contributed by atoms with van der Waals surface area (Å²) in [6.45, 7) is 0. The molecule has 0 aromatic heterocycles. The van der Waals surface area contributed by atoms with E-state index in [4.69, 9.17) is 21.1 Å². The summed E-state index contributed by atoms with van der Waals surface area (Å²) < 4.78 is 49.6. The Labute approximate surface area is 207 Å². The second-order valence-electron chi connectivity index (χ2n) is 7.06. The van der Waals surface area contributed by atoms with Crippen molar-refractivity contribution in [2.45, 2.75) is 6.18 Å². The highest BCUT2D eigenvalue weighted by Crippen LogP contribution is 2.43. The van der Waals surface area contributed by atoms with Crippen LogP contribution in [0.15, 0.2) is 66.2 Å². The molecule has 0 atom stereocenters. The number of ether oxygens (including phenoxy) is 2. The Morgan fingerprint density at radius 2 is 1.83 bits per heavy atom. The van der Waals surface area contributed by atoms with Crippen molar-refractivity contribution in [3.8, 4) is 23.3 Å². The SMILES string of the molecule is COc1cc(/C=C(\C#N)C(=O)Nc2ccccc2)cc(Cl)c1Oc1ccc(C(F)(F)F)cc1[N+](=O)[O-]. The minimum atomic E-state index is -4.79. The fraction of sp³-hybridized carbons (Fsp3) is 0.0833. The first-order valence-corrected chi connectivity index (χ1v) is 10.3. The van der Waals surface area contributed by atoms with Crippen molar-refractivity contribution in [1.29, 1.82) is 5.26 Å². The van der Waals surface area contributed by atoms with E-state index in [-0.39, 0.29) is 27.7 Å². The van der Waals surface area contributed by atoms with Gasteiger partial charge < -0.3 is 14.8 Å². The molecule has 0 saturated heterocycles. The number of carbonyl (C=O) groups excluding carboxylic acids is 1. The zero-order valence-corrected chi connectivity index (χ0v) is 19.1. The van der Waals surface area contributed by atoms with Gasteiger partial charge in [-0.3, -0.25) is 14.9 Å².